The lowest BCUT2D eigenvalue weighted by atomic mass is 10.1. The van der Waals surface area contributed by atoms with Crippen LogP contribution in [-0.4, -0.2) is 27.3 Å². The van der Waals surface area contributed by atoms with Gasteiger partial charge in [0.15, 0.2) is 5.65 Å². The zero-order valence-electron chi connectivity index (χ0n) is 13.4. The molecule has 25 heavy (non-hydrogen) atoms. The van der Waals surface area contributed by atoms with Crippen molar-refractivity contribution in [2.24, 2.45) is 0 Å². The molecule has 0 radical (unpaired) electrons. The third kappa shape index (κ3) is 2.68. The average molecular weight is 350 g/mol. The largest absolute Gasteiger partial charge is 0.269 e. The lowest BCUT2D eigenvalue weighted by molar-refractivity contribution is 0.589. The standard InChI is InChI=1S/C18H14N4O2S/c1-13-9-17(21-12-20-13)15-10-14-7-8-22(18(14)19-11-15)25(23,24)16-5-3-2-4-6-16/h2-12H,1H3. The molecule has 0 bridgehead atoms. The summed E-state index contributed by atoms with van der Waals surface area (Å²) in [4.78, 5) is 12.9. The van der Waals surface area contributed by atoms with Crippen LogP contribution >= 0.6 is 0 Å². The molecule has 0 amide bonds. The molecule has 0 aliphatic rings. The van der Waals surface area contributed by atoms with Gasteiger partial charge in [0.05, 0.1) is 10.6 Å². The van der Waals surface area contributed by atoms with E-state index in [-0.39, 0.29) is 4.90 Å². The summed E-state index contributed by atoms with van der Waals surface area (Å²) in [6, 6.07) is 13.8. The van der Waals surface area contributed by atoms with E-state index in [9.17, 15) is 8.42 Å². The Morgan fingerprint density at radius 3 is 2.52 bits per heavy atom. The molecule has 3 heterocycles. The number of aromatic nitrogens is 4. The van der Waals surface area contributed by atoms with Gasteiger partial charge in [0.1, 0.15) is 6.33 Å². The van der Waals surface area contributed by atoms with Crippen LogP contribution in [0.2, 0.25) is 0 Å². The van der Waals surface area contributed by atoms with Gasteiger partial charge in [-0.25, -0.2) is 27.3 Å². The minimum absolute atomic E-state index is 0.227. The number of rotatable bonds is 3. The van der Waals surface area contributed by atoms with E-state index in [2.05, 4.69) is 15.0 Å². The molecule has 0 aliphatic carbocycles. The number of hydrogen-bond acceptors (Lipinski definition) is 5. The maximum Gasteiger partial charge on any atom is 0.269 e. The van der Waals surface area contributed by atoms with E-state index in [1.807, 2.05) is 19.1 Å². The first kappa shape index (κ1) is 15.5. The van der Waals surface area contributed by atoms with Crippen molar-refractivity contribution in [3.05, 3.63) is 72.9 Å². The average Bonchev–Trinajstić information content (AvgIpc) is 3.06. The fraction of sp³-hybridized carbons (Fsp3) is 0.0556. The Labute approximate surface area is 144 Å². The van der Waals surface area contributed by atoms with Crippen molar-refractivity contribution in [2.75, 3.05) is 0 Å². The first-order chi connectivity index (χ1) is 12.1. The molecular weight excluding hydrogens is 336 g/mol. The summed E-state index contributed by atoms with van der Waals surface area (Å²) in [5.74, 6) is 0. The van der Waals surface area contributed by atoms with Crippen molar-refractivity contribution < 1.29 is 8.42 Å². The van der Waals surface area contributed by atoms with Gasteiger partial charge in [-0.3, -0.25) is 0 Å². The van der Waals surface area contributed by atoms with E-state index in [1.54, 1.807) is 42.6 Å². The minimum atomic E-state index is -3.68. The summed E-state index contributed by atoms with van der Waals surface area (Å²) in [7, 11) is -3.68. The van der Waals surface area contributed by atoms with Crippen LogP contribution in [-0.2, 0) is 10.0 Å². The molecule has 3 aromatic heterocycles. The molecular formula is C18H14N4O2S. The summed E-state index contributed by atoms with van der Waals surface area (Å²) in [6.07, 6.45) is 4.65. The second-order valence-electron chi connectivity index (χ2n) is 5.61. The van der Waals surface area contributed by atoms with Crippen molar-refractivity contribution in [1.82, 2.24) is 18.9 Å². The molecule has 1 aromatic carbocycles. The molecule has 0 N–H and O–H groups in total. The minimum Gasteiger partial charge on any atom is -0.242 e. The first-order valence-electron chi connectivity index (χ1n) is 7.62. The van der Waals surface area contributed by atoms with Crippen molar-refractivity contribution in [3.63, 3.8) is 0 Å². The van der Waals surface area contributed by atoms with Gasteiger partial charge in [-0.2, -0.15) is 0 Å². The van der Waals surface area contributed by atoms with Crippen molar-refractivity contribution in [3.8, 4) is 11.3 Å². The lowest BCUT2D eigenvalue weighted by Gasteiger charge is -2.07. The van der Waals surface area contributed by atoms with E-state index in [1.165, 1.54) is 16.5 Å². The van der Waals surface area contributed by atoms with Gasteiger partial charge in [0.25, 0.3) is 10.0 Å². The van der Waals surface area contributed by atoms with Gasteiger partial charge in [0, 0.05) is 29.0 Å². The second-order valence-corrected chi connectivity index (χ2v) is 7.43. The summed E-state index contributed by atoms with van der Waals surface area (Å²) in [5, 5.41) is 0.730. The highest BCUT2D eigenvalue weighted by molar-refractivity contribution is 7.90. The SMILES string of the molecule is Cc1cc(-c2cnc3c(ccn3S(=O)(=O)c3ccccc3)c2)ncn1. The maximum atomic E-state index is 12.8. The number of aryl methyl sites for hydroxylation is 1. The molecule has 4 rings (SSSR count). The third-order valence-electron chi connectivity index (χ3n) is 3.89. The van der Waals surface area contributed by atoms with Crippen LogP contribution in [0, 0.1) is 6.92 Å². The normalized spacial score (nSPS) is 11.7. The van der Waals surface area contributed by atoms with E-state index < -0.39 is 10.0 Å². The number of pyridine rings is 1. The van der Waals surface area contributed by atoms with Crippen molar-refractivity contribution >= 4 is 21.1 Å². The predicted molar refractivity (Wildman–Crippen MR) is 94.5 cm³/mol. The molecule has 0 spiro atoms. The Morgan fingerprint density at radius 1 is 0.960 bits per heavy atom. The van der Waals surface area contributed by atoms with E-state index in [0.717, 1.165) is 22.3 Å². The Morgan fingerprint density at radius 2 is 1.76 bits per heavy atom. The van der Waals surface area contributed by atoms with E-state index >= 15 is 0 Å². The molecule has 6 nitrogen and oxygen atoms in total. The number of benzene rings is 1. The van der Waals surface area contributed by atoms with Gasteiger partial charge >= 0.3 is 0 Å². The Kier molecular flexibility index (Phi) is 3.58. The second kappa shape index (κ2) is 5.78. The van der Waals surface area contributed by atoms with Gasteiger partial charge < -0.3 is 0 Å². The molecule has 4 aromatic rings. The quantitative estimate of drug-likeness (QED) is 0.567. The monoisotopic (exact) mass is 350 g/mol. The summed E-state index contributed by atoms with van der Waals surface area (Å²) in [6.45, 7) is 1.89. The van der Waals surface area contributed by atoms with Gasteiger partial charge in [0.2, 0.25) is 0 Å². The topological polar surface area (TPSA) is 77.7 Å². The first-order valence-corrected chi connectivity index (χ1v) is 9.06. The highest BCUT2D eigenvalue weighted by Crippen LogP contribution is 2.24. The Balaban J connectivity index is 1.84. The molecule has 7 heteroatoms. The molecule has 0 saturated carbocycles. The molecule has 0 saturated heterocycles. The van der Waals surface area contributed by atoms with Crippen molar-refractivity contribution in [2.45, 2.75) is 11.8 Å². The smallest absolute Gasteiger partial charge is 0.242 e. The number of nitrogens with zero attached hydrogens (tertiary/aromatic N) is 4. The van der Waals surface area contributed by atoms with Crippen LogP contribution in [0.25, 0.3) is 22.3 Å². The van der Waals surface area contributed by atoms with Crippen LogP contribution < -0.4 is 0 Å². The van der Waals surface area contributed by atoms with E-state index in [4.69, 9.17) is 0 Å². The number of hydrogen-bond donors (Lipinski definition) is 0. The summed E-state index contributed by atoms with van der Waals surface area (Å²) < 4.78 is 26.8. The van der Waals surface area contributed by atoms with Crippen LogP contribution in [0.15, 0.2) is 72.1 Å². The fourth-order valence-corrected chi connectivity index (χ4v) is 3.98. The van der Waals surface area contributed by atoms with Gasteiger partial charge in [-0.15, -0.1) is 0 Å². The van der Waals surface area contributed by atoms with Crippen LogP contribution in [0.3, 0.4) is 0 Å². The highest BCUT2D eigenvalue weighted by atomic mass is 32.2. The summed E-state index contributed by atoms with van der Waals surface area (Å²) >= 11 is 0. The van der Waals surface area contributed by atoms with Gasteiger partial charge in [-0.1, -0.05) is 18.2 Å². The molecule has 0 atom stereocenters. The zero-order chi connectivity index (χ0) is 17.4. The highest BCUT2D eigenvalue weighted by Gasteiger charge is 2.19. The Bertz CT molecular complexity index is 1170. The number of fused-ring (bicyclic) bond motifs is 1. The third-order valence-corrected chi connectivity index (χ3v) is 5.57. The van der Waals surface area contributed by atoms with E-state index in [0.29, 0.717) is 5.65 Å². The van der Waals surface area contributed by atoms with Crippen LogP contribution in [0.1, 0.15) is 5.69 Å². The lowest BCUT2D eigenvalue weighted by Crippen LogP contribution is -2.12. The van der Waals surface area contributed by atoms with Crippen LogP contribution in [0.4, 0.5) is 0 Å². The van der Waals surface area contributed by atoms with Crippen LogP contribution in [0.5, 0.6) is 0 Å². The Hall–Kier alpha value is -3.06. The maximum absolute atomic E-state index is 12.8. The summed E-state index contributed by atoms with van der Waals surface area (Å²) in [5.41, 5.74) is 2.81. The fourth-order valence-electron chi connectivity index (χ4n) is 2.65. The predicted octanol–water partition coefficient (Wildman–Crippen LogP) is 3.04. The molecule has 124 valence electrons. The van der Waals surface area contributed by atoms with Gasteiger partial charge in [-0.05, 0) is 37.3 Å². The molecule has 0 aliphatic heterocycles. The zero-order valence-corrected chi connectivity index (χ0v) is 14.2. The molecule has 0 unspecified atom stereocenters. The van der Waals surface area contributed by atoms with Crippen molar-refractivity contribution in [1.29, 1.82) is 0 Å². The molecule has 0 fully saturated rings.